The molecular weight excluding hydrogens is 392 g/mol. The van der Waals surface area contributed by atoms with Gasteiger partial charge in [0.2, 0.25) is 5.91 Å². The molecule has 1 saturated heterocycles. The minimum absolute atomic E-state index is 0.00134. The average molecular weight is 416 g/mol. The molecule has 0 radical (unpaired) electrons. The molecular formula is C22H24N8O. The molecule has 9 nitrogen and oxygen atoms in total. The van der Waals surface area contributed by atoms with Crippen LogP contribution in [0.4, 0.5) is 5.82 Å². The van der Waals surface area contributed by atoms with Gasteiger partial charge in [0.1, 0.15) is 18.0 Å². The molecule has 0 spiro atoms. The monoisotopic (exact) mass is 416 g/mol. The smallest absolute Gasteiger partial charge is 0.225 e. The number of hydrogen-bond donors (Lipinski definition) is 0. The average Bonchev–Trinajstić information content (AvgIpc) is 3.27. The number of para-hydroxylation sites is 1. The van der Waals surface area contributed by atoms with Crippen LogP contribution in [-0.4, -0.2) is 60.7 Å². The number of piperidine rings is 1. The molecule has 1 fully saturated rings. The van der Waals surface area contributed by atoms with Crippen LogP contribution in [0.2, 0.25) is 0 Å². The molecule has 1 aliphatic rings. The maximum atomic E-state index is 13.0. The maximum absolute atomic E-state index is 13.0. The van der Waals surface area contributed by atoms with Crippen LogP contribution in [0.25, 0.3) is 16.6 Å². The summed E-state index contributed by atoms with van der Waals surface area (Å²) in [4.78, 5) is 26.3. The van der Waals surface area contributed by atoms with E-state index in [1.165, 1.54) is 0 Å². The number of rotatable bonds is 4. The van der Waals surface area contributed by atoms with Gasteiger partial charge in [0, 0.05) is 37.1 Å². The highest BCUT2D eigenvalue weighted by Crippen LogP contribution is 2.24. The number of nitrogens with zero attached hydrogens (tertiary/aromatic N) is 8. The van der Waals surface area contributed by atoms with E-state index in [4.69, 9.17) is 0 Å². The second-order valence-electron chi connectivity index (χ2n) is 8.02. The fraction of sp³-hybridized carbons (Fsp3) is 0.364. The fourth-order valence-corrected chi connectivity index (χ4v) is 4.21. The van der Waals surface area contributed by atoms with Gasteiger partial charge in [-0.3, -0.25) is 4.79 Å². The summed E-state index contributed by atoms with van der Waals surface area (Å²) >= 11 is 0. The molecule has 1 aromatic carbocycles. The van der Waals surface area contributed by atoms with Gasteiger partial charge in [-0.15, -0.1) is 15.3 Å². The number of hydrogen-bond acceptors (Lipinski definition) is 7. The number of aryl methyl sites for hydroxylation is 1. The van der Waals surface area contributed by atoms with E-state index >= 15 is 0 Å². The van der Waals surface area contributed by atoms with Crippen molar-refractivity contribution in [2.45, 2.75) is 26.3 Å². The zero-order valence-electron chi connectivity index (χ0n) is 17.6. The van der Waals surface area contributed by atoms with Gasteiger partial charge in [0.25, 0.3) is 0 Å². The zero-order valence-corrected chi connectivity index (χ0v) is 17.6. The third-order valence-corrected chi connectivity index (χ3v) is 5.91. The van der Waals surface area contributed by atoms with E-state index in [1.54, 1.807) is 15.7 Å². The maximum Gasteiger partial charge on any atom is 0.225 e. The predicted octanol–water partition coefficient (Wildman–Crippen LogP) is 2.25. The quantitative estimate of drug-likeness (QED) is 0.504. The Labute approximate surface area is 179 Å². The number of anilines is 1. The lowest BCUT2D eigenvalue weighted by atomic mass is 9.95. The molecule has 1 aliphatic heterocycles. The molecule has 0 unspecified atom stereocenters. The second-order valence-corrected chi connectivity index (χ2v) is 8.02. The number of aromatic nitrogens is 6. The Balaban J connectivity index is 1.22. The summed E-state index contributed by atoms with van der Waals surface area (Å²) in [5.74, 6) is 1.71. The van der Waals surface area contributed by atoms with E-state index in [2.05, 4.69) is 30.2 Å². The van der Waals surface area contributed by atoms with Gasteiger partial charge in [0.05, 0.1) is 12.1 Å². The number of carbonyl (C=O) groups is 1. The number of fused-ring (bicyclic) bond motifs is 2. The summed E-state index contributed by atoms with van der Waals surface area (Å²) in [6.07, 6.45) is 3.19. The first-order chi connectivity index (χ1) is 15.1. The Morgan fingerprint density at radius 3 is 2.77 bits per heavy atom. The van der Waals surface area contributed by atoms with E-state index in [0.29, 0.717) is 12.4 Å². The van der Waals surface area contributed by atoms with E-state index in [1.807, 2.05) is 50.4 Å². The topological polar surface area (TPSA) is 92.4 Å². The van der Waals surface area contributed by atoms with Crippen LogP contribution in [-0.2, 0) is 11.3 Å². The summed E-state index contributed by atoms with van der Waals surface area (Å²) in [6, 6.07) is 11.8. The van der Waals surface area contributed by atoms with Gasteiger partial charge in [-0.1, -0.05) is 18.2 Å². The number of benzene rings is 1. The van der Waals surface area contributed by atoms with E-state index in [-0.39, 0.29) is 11.8 Å². The lowest BCUT2D eigenvalue weighted by molar-refractivity contribution is -0.135. The van der Waals surface area contributed by atoms with Crippen molar-refractivity contribution in [2.24, 2.45) is 5.92 Å². The largest absolute Gasteiger partial charge is 0.355 e. The van der Waals surface area contributed by atoms with Crippen LogP contribution in [0.3, 0.4) is 0 Å². The van der Waals surface area contributed by atoms with Gasteiger partial charge in [-0.2, -0.15) is 4.52 Å². The SMILES string of the molecule is Cc1nc(CN(C)C(=O)C2CCN(c3ccc4nncn4n3)CC2)nc2ccccc12. The third kappa shape index (κ3) is 3.78. The molecule has 4 aromatic rings. The van der Waals surface area contributed by atoms with Crippen LogP contribution in [0.15, 0.2) is 42.7 Å². The minimum Gasteiger partial charge on any atom is -0.355 e. The van der Waals surface area contributed by atoms with E-state index in [0.717, 1.165) is 54.0 Å². The standard InChI is InChI=1S/C22H24N8O/c1-15-17-5-3-4-6-18(17)25-19(24-15)13-28(2)22(31)16-9-11-29(12-10-16)21-8-7-20-26-23-14-30(20)27-21/h3-8,14,16H,9-13H2,1-2H3. The van der Waals surface area contributed by atoms with E-state index < -0.39 is 0 Å². The molecule has 0 aliphatic carbocycles. The first-order valence-electron chi connectivity index (χ1n) is 10.5. The lowest BCUT2D eigenvalue weighted by Gasteiger charge is -2.33. The zero-order chi connectivity index (χ0) is 21.4. The summed E-state index contributed by atoms with van der Waals surface area (Å²) < 4.78 is 1.67. The minimum atomic E-state index is 0.00134. The molecule has 3 aromatic heterocycles. The molecule has 5 rings (SSSR count). The summed E-state index contributed by atoms with van der Waals surface area (Å²) in [5.41, 5.74) is 2.57. The van der Waals surface area contributed by atoms with Crippen molar-refractivity contribution in [2.75, 3.05) is 25.0 Å². The molecule has 0 atom stereocenters. The molecule has 31 heavy (non-hydrogen) atoms. The highest BCUT2D eigenvalue weighted by Gasteiger charge is 2.28. The van der Waals surface area contributed by atoms with Crippen molar-refractivity contribution in [3.63, 3.8) is 0 Å². The van der Waals surface area contributed by atoms with Gasteiger partial charge >= 0.3 is 0 Å². The van der Waals surface area contributed by atoms with Gasteiger partial charge in [-0.05, 0) is 38.0 Å². The molecule has 4 heterocycles. The molecule has 0 saturated carbocycles. The van der Waals surface area contributed by atoms with Crippen LogP contribution in [0.5, 0.6) is 0 Å². The van der Waals surface area contributed by atoms with Gasteiger partial charge in [-0.25, -0.2) is 9.97 Å². The Kier molecular flexibility index (Phi) is 4.93. The van der Waals surface area contributed by atoms with Gasteiger partial charge < -0.3 is 9.80 Å². The van der Waals surface area contributed by atoms with Crippen molar-refractivity contribution in [1.82, 2.24) is 34.7 Å². The van der Waals surface area contributed by atoms with Crippen molar-refractivity contribution in [3.05, 3.63) is 54.2 Å². The summed E-state index contributed by atoms with van der Waals surface area (Å²) in [7, 11) is 1.84. The van der Waals surface area contributed by atoms with Gasteiger partial charge in [0.15, 0.2) is 5.65 Å². The molecule has 9 heteroatoms. The predicted molar refractivity (Wildman–Crippen MR) is 116 cm³/mol. The molecule has 0 N–H and O–H groups in total. The van der Waals surface area contributed by atoms with Crippen LogP contribution in [0, 0.1) is 12.8 Å². The van der Waals surface area contributed by atoms with Crippen LogP contribution >= 0.6 is 0 Å². The van der Waals surface area contributed by atoms with Crippen molar-refractivity contribution < 1.29 is 4.79 Å². The second kappa shape index (κ2) is 7.90. The Hall–Kier alpha value is -3.62. The first-order valence-corrected chi connectivity index (χ1v) is 10.5. The Morgan fingerprint density at radius 1 is 1.13 bits per heavy atom. The summed E-state index contributed by atoms with van der Waals surface area (Å²) in [5, 5.41) is 13.5. The third-order valence-electron chi connectivity index (χ3n) is 5.91. The van der Waals surface area contributed by atoms with Crippen molar-refractivity contribution >= 4 is 28.3 Å². The van der Waals surface area contributed by atoms with Crippen molar-refractivity contribution in [1.29, 1.82) is 0 Å². The summed E-state index contributed by atoms with van der Waals surface area (Å²) in [6.45, 7) is 3.97. The Bertz CT molecular complexity index is 1240. The number of amides is 1. The molecule has 158 valence electrons. The first kappa shape index (κ1) is 19.3. The van der Waals surface area contributed by atoms with E-state index in [9.17, 15) is 4.79 Å². The van der Waals surface area contributed by atoms with Crippen LogP contribution < -0.4 is 4.90 Å². The molecule has 1 amide bonds. The normalized spacial score (nSPS) is 15.0. The fourth-order valence-electron chi connectivity index (χ4n) is 4.21. The van der Waals surface area contributed by atoms with Crippen molar-refractivity contribution in [3.8, 4) is 0 Å². The number of carbonyl (C=O) groups excluding carboxylic acids is 1. The Morgan fingerprint density at radius 2 is 1.94 bits per heavy atom. The molecule has 0 bridgehead atoms. The highest BCUT2D eigenvalue weighted by molar-refractivity contribution is 5.81. The van der Waals surface area contributed by atoms with Crippen LogP contribution in [0.1, 0.15) is 24.4 Å². The lowest BCUT2D eigenvalue weighted by Crippen LogP contribution is -2.41. The highest BCUT2D eigenvalue weighted by atomic mass is 16.2.